The van der Waals surface area contributed by atoms with Crippen molar-refractivity contribution in [1.29, 1.82) is 0 Å². The highest BCUT2D eigenvalue weighted by atomic mass is 16.6. The summed E-state index contributed by atoms with van der Waals surface area (Å²) in [5, 5.41) is 18.4. The van der Waals surface area contributed by atoms with Gasteiger partial charge in [0.25, 0.3) is 0 Å². The lowest BCUT2D eigenvalue weighted by molar-refractivity contribution is 0.0397. The van der Waals surface area contributed by atoms with E-state index in [0.29, 0.717) is 17.8 Å². The van der Waals surface area contributed by atoms with Crippen molar-refractivity contribution in [3.05, 3.63) is 64.9 Å². The maximum absolute atomic E-state index is 11.8. The van der Waals surface area contributed by atoms with Crippen LogP contribution in [0.5, 0.6) is 5.75 Å². The van der Waals surface area contributed by atoms with Crippen LogP contribution in [0.15, 0.2) is 40.8 Å². The van der Waals surface area contributed by atoms with Crippen LogP contribution in [0.1, 0.15) is 54.5 Å². The molecule has 6 nitrogen and oxygen atoms in total. The van der Waals surface area contributed by atoms with Crippen LogP contribution in [0.4, 0.5) is 0 Å². The van der Waals surface area contributed by atoms with Gasteiger partial charge in [-0.15, -0.1) is 0 Å². The molecule has 0 bridgehead atoms. The second-order valence-electron chi connectivity index (χ2n) is 8.46. The lowest BCUT2D eigenvalue weighted by Crippen LogP contribution is -2.19. The average Bonchev–Trinajstić information content (AvgIpc) is 3.35. The molecule has 1 heterocycles. The number of phenolic OH excluding ortho intramolecular Hbond substituents is 1. The Morgan fingerprint density at radius 1 is 1.23 bits per heavy atom. The summed E-state index contributed by atoms with van der Waals surface area (Å²) in [6.07, 6.45) is 5.45. The summed E-state index contributed by atoms with van der Waals surface area (Å²) in [7, 11) is 0. The Labute approximate surface area is 183 Å². The van der Waals surface area contributed by atoms with E-state index in [2.05, 4.69) is 11.8 Å². The van der Waals surface area contributed by atoms with Gasteiger partial charge in [-0.1, -0.05) is 19.1 Å². The lowest BCUT2D eigenvalue weighted by Gasteiger charge is -2.22. The van der Waals surface area contributed by atoms with Crippen molar-refractivity contribution in [2.24, 2.45) is 17.8 Å². The third-order valence-corrected chi connectivity index (χ3v) is 6.38. The van der Waals surface area contributed by atoms with E-state index >= 15 is 0 Å². The van der Waals surface area contributed by atoms with Crippen molar-refractivity contribution >= 4 is 5.97 Å². The number of hydrogen-bond acceptors (Lipinski definition) is 5. The van der Waals surface area contributed by atoms with Crippen LogP contribution in [-0.2, 0) is 17.6 Å². The first-order valence-corrected chi connectivity index (χ1v) is 11.0. The lowest BCUT2D eigenvalue weighted by atomic mass is 9.82. The van der Waals surface area contributed by atoms with Gasteiger partial charge >= 0.3 is 5.97 Å². The van der Waals surface area contributed by atoms with Crippen molar-refractivity contribution < 1.29 is 24.2 Å². The van der Waals surface area contributed by atoms with Crippen molar-refractivity contribution in [1.82, 2.24) is 0 Å². The van der Waals surface area contributed by atoms with Gasteiger partial charge in [0.2, 0.25) is 11.8 Å². The minimum absolute atomic E-state index is 0.0410. The number of furan rings is 1. The van der Waals surface area contributed by atoms with E-state index < -0.39 is 5.97 Å². The first kappa shape index (κ1) is 22.9. The molecule has 2 aromatic rings. The van der Waals surface area contributed by atoms with Crippen LogP contribution < -0.4 is 0 Å². The predicted molar refractivity (Wildman–Crippen MR) is 117 cm³/mol. The van der Waals surface area contributed by atoms with Gasteiger partial charge in [-0.25, -0.2) is 11.4 Å². The number of nitrogens with zero attached hydrogens (tertiary/aromatic N) is 1. The number of rotatable bonds is 10. The first-order chi connectivity index (χ1) is 15.0. The van der Waals surface area contributed by atoms with E-state index in [1.807, 2.05) is 12.1 Å². The summed E-state index contributed by atoms with van der Waals surface area (Å²) in [4.78, 5) is 15.7. The fourth-order valence-electron chi connectivity index (χ4n) is 4.88. The van der Waals surface area contributed by atoms with Crippen molar-refractivity contribution in [2.45, 2.75) is 51.5 Å². The van der Waals surface area contributed by atoms with Crippen molar-refractivity contribution in [3.8, 4) is 5.75 Å². The molecule has 31 heavy (non-hydrogen) atoms. The van der Waals surface area contributed by atoms with Crippen LogP contribution in [-0.4, -0.2) is 35.4 Å². The van der Waals surface area contributed by atoms with Gasteiger partial charge in [-0.3, -0.25) is 0 Å². The SMILES string of the molecule is [C-]#[N+]C1CC(C)[C@H](CCCc2ccc(C(=O)OCCO)o2)[C@H]1CCc1cccc(O)c1. The van der Waals surface area contributed by atoms with Crippen LogP contribution in [0.3, 0.4) is 0 Å². The third kappa shape index (κ3) is 6.11. The first-order valence-electron chi connectivity index (χ1n) is 11.0. The predicted octanol–water partition coefficient (Wildman–Crippen LogP) is 4.65. The third-order valence-electron chi connectivity index (χ3n) is 6.38. The second-order valence-corrected chi connectivity index (χ2v) is 8.46. The Kier molecular flexibility index (Phi) is 8.13. The molecular weight excluding hydrogens is 394 g/mol. The van der Waals surface area contributed by atoms with Gasteiger partial charge in [0, 0.05) is 18.8 Å². The molecule has 1 aliphatic carbocycles. The van der Waals surface area contributed by atoms with Gasteiger partial charge in [-0.2, -0.15) is 0 Å². The number of benzene rings is 1. The van der Waals surface area contributed by atoms with Gasteiger partial charge < -0.3 is 24.2 Å². The maximum Gasteiger partial charge on any atom is 0.374 e. The van der Waals surface area contributed by atoms with Crippen molar-refractivity contribution in [2.75, 3.05) is 13.2 Å². The minimum atomic E-state index is -0.559. The minimum Gasteiger partial charge on any atom is -0.508 e. The Morgan fingerprint density at radius 3 is 2.81 bits per heavy atom. The summed E-state index contributed by atoms with van der Waals surface area (Å²) in [6.45, 7) is 9.64. The zero-order valence-electron chi connectivity index (χ0n) is 18.0. The summed E-state index contributed by atoms with van der Waals surface area (Å²) in [6, 6.07) is 10.9. The summed E-state index contributed by atoms with van der Waals surface area (Å²) in [5.74, 6) is 1.99. The number of phenols is 1. The molecule has 0 spiro atoms. The molecule has 1 saturated carbocycles. The molecule has 1 aliphatic rings. The van der Waals surface area contributed by atoms with Crippen LogP contribution >= 0.6 is 0 Å². The van der Waals surface area contributed by atoms with E-state index in [4.69, 9.17) is 20.8 Å². The molecule has 1 aromatic heterocycles. The topological polar surface area (TPSA) is 84.3 Å². The molecule has 2 unspecified atom stereocenters. The van der Waals surface area contributed by atoms with Gasteiger partial charge in [0.1, 0.15) is 18.1 Å². The van der Waals surface area contributed by atoms with Gasteiger partial charge in [-0.05, 0) is 67.3 Å². The molecule has 0 saturated heterocycles. The largest absolute Gasteiger partial charge is 0.508 e. The number of carbonyl (C=O) groups excluding carboxylic acids is 1. The standard InChI is InChI=1S/C25H31NO5/c1-17-15-23(26-2)22(11-9-18-5-3-6-19(28)16-18)21(17)8-4-7-20-10-12-24(31-20)25(29)30-14-13-27/h3,5-6,10,12,16-17,21-23,27-28H,4,7-9,11,13-15H2,1H3/t17?,21-,22+,23?/m0/s1. The molecule has 0 aliphatic heterocycles. The molecule has 2 N–H and O–H groups in total. The molecule has 4 atom stereocenters. The zero-order chi connectivity index (χ0) is 22.2. The fourth-order valence-corrected chi connectivity index (χ4v) is 4.88. The Hall–Kier alpha value is -2.78. The number of aliphatic hydroxyl groups is 1. The van der Waals surface area contributed by atoms with E-state index in [-0.39, 0.29) is 30.8 Å². The maximum atomic E-state index is 11.8. The number of aliphatic hydroxyl groups excluding tert-OH is 1. The number of aromatic hydroxyl groups is 1. The number of hydrogen-bond donors (Lipinski definition) is 2. The summed E-state index contributed by atoms with van der Waals surface area (Å²) in [5.41, 5.74) is 1.11. The Balaban J connectivity index is 1.54. The van der Waals surface area contributed by atoms with Crippen LogP contribution in [0.25, 0.3) is 4.85 Å². The van der Waals surface area contributed by atoms with Gasteiger partial charge in [0.05, 0.1) is 6.61 Å². The van der Waals surface area contributed by atoms with E-state index in [9.17, 15) is 9.90 Å². The number of aryl methyl sites for hydroxylation is 2. The van der Waals surface area contributed by atoms with E-state index in [1.54, 1.807) is 24.3 Å². The quantitative estimate of drug-likeness (QED) is 0.428. The van der Waals surface area contributed by atoms with Crippen LogP contribution in [0, 0.1) is 24.3 Å². The summed E-state index contributed by atoms with van der Waals surface area (Å²) >= 11 is 0. The number of esters is 1. The van der Waals surface area contributed by atoms with E-state index in [0.717, 1.165) is 49.8 Å². The zero-order valence-corrected chi connectivity index (χ0v) is 18.0. The fraction of sp³-hybridized carbons (Fsp3) is 0.520. The molecule has 6 heteroatoms. The molecule has 3 rings (SSSR count). The van der Waals surface area contributed by atoms with Gasteiger partial charge in [0.15, 0.2) is 0 Å². The Morgan fingerprint density at radius 2 is 2.06 bits per heavy atom. The summed E-state index contributed by atoms with van der Waals surface area (Å²) < 4.78 is 10.5. The molecule has 0 amide bonds. The average molecular weight is 426 g/mol. The highest BCUT2D eigenvalue weighted by Crippen LogP contribution is 2.44. The van der Waals surface area contributed by atoms with E-state index in [1.165, 1.54) is 0 Å². The highest BCUT2D eigenvalue weighted by molar-refractivity contribution is 5.86. The normalized spacial score (nSPS) is 22.9. The molecule has 1 fully saturated rings. The van der Waals surface area contributed by atoms with Crippen LogP contribution in [0.2, 0.25) is 0 Å². The monoisotopic (exact) mass is 425 g/mol. The molecule has 166 valence electrons. The second kappa shape index (κ2) is 11.0. The number of carbonyl (C=O) groups is 1. The van der Waals surface area contributed by atoms with Crippen molar-refractivity contribution in [3.63, 3.8) is 0 Å². The highest BCUT2D eigenvalue weighted by Gasteiger charge is 2.44. The molecule has 1 aromatic carbocycles. The smallest absolute Gasteiger partial charge is 0.374 e. The molecular formula is C25H31NO5. The number of ether oxygens (including phenoxy) is 1. The molecule has 0 radical (unpaired) electrons. The Bertz CT molecular complexity index is 899.